The molecule has 0 fully saturated rings. The topological polar surface area (TPSA) is 122 Å². The molecule has 37 heavy (non-hydrogen) atoms. The fraction of sp³-hybridized carbons (Fsp3) is 0.0769. The van der Waals surface area contributed by atoms with E-state index in [-0.39, 0.29) is 23.7 Å². The quantitative estimate of drug-likeness (QED) is 0.252. The maximum Gasteiger partial charge on any atom is 0.282 e. The van der Waals surface area contributed by atoms with Crippen LogP contribution in [0.2, 0.25) is 0 Å². The number of amides is 1. The first-order valence-electron chi connectivity index (χ1n) is 10.9. The van der Waals surface area contributed by atoms with Crippen molar-refractivity contribution in [3.05, 3.63) is 85.5 Å². The molecule has 0 aliphatic carbocycles. The number of para-hydroxylation sites is 2. The number of furan rings is 1. The first kappa shape index (κ1) is 24.7. The molecule has 1 amide bonds. The highest BCUT2D eigenvalue weighted by atomic mass is 79.9. The molecular formula is C26H18Br2N4O5. The second-order valence-electron chi connectivity index (χ2n) is 7.84. The summed E-state index contributed by atoms with van der Waals surface area (Å²) in [5, 5.41) is 5.77. The van der Waals surface area contributed by atoms with Crippen molar-refractivity contribution in [1.82, 2.24) is 9.66 Å². The van der Waals surface area contributed by atoms with Crippen molar-refractivity contribution < 1.29 is 18.7 Å². The maximum atomic E-state index is 13.5. The Balaban J connectivity index is 1.66. The van der Waals surface area contributed by atoms with Crippen molar-refractivity contribution in [1.29, 1.82) is 0 Å². The minimum Gasteiger partial charge on any atom is -0.493 e. The smallest absolute Gasteiger partial charge is 0.282 e. The summed E-state index contributed by atoms with van der Waals surface area (Å²) in [5.41, 5.74) is 6.59. The van der Waals surface area contributed by atoms with E-state index < -0.39 is 5.91 Å². The molecule has 5 rings (SSSR count). The van der Waals surface area contributed by atoms with E-state index in [2.05, 4.69) is 41.9 Å². The van der Waals surface area contributed by atoms with Crippen LogP contribution in [-0.4, -0.2) is 35.5 Å². The zero-order valence-electron chi connectivity index (χ0n) is 19.3. The second kappa shape index (κ2) is 10.2. The molecule has 186 valence electrons. The van der Waals surface area contributed by atoms with Crippen LogP contribution in [0.4, 0.5) is 0 Å². The Labute approximate surface area is 226 Å². The molecule has 0 radical (unpaired) electrons. The number of nitrogens with zero attached hydrogens (tertiary/aromatic N) is 3. The standard InChI is InChI=1S/C26H18Br2N4O5/c1-35-19-11-15(22(27)23(28)24(19)36-13-21(29)33)12-30-32-25(20-10-14-6-2-5-9-18(14)37-20)31-17-8-4-3-7-16(17)26(32)34/h2-12H,13H2,1H3,(H2,29,33). The number of halogens is 2. The van der Waals surface area contributed by atoms with Gasteiger partial charge in [-0.2, -0.15) is 9.78 Å². The summed E-state index contributed by atoms with van der Waals surface area (Å²) >= 11 is 6.96. The van der Waals surface area contributed by atoms with Crippen molar-refractivity contribution in [3.8, 4) is 23.1 Å². The van der Waals surface area contributed by atoms with Crippen LogP contribution in [0, 0.1) is 0 Å². The normalized spacial score (nSPS) is 11.4. The molecule has 0 saturated heterocycles. The summed E-state index contributed by atoms with van der Waals surface area (Å²) in [4.78, 5) is 29.4. The van der Waals surface area contributed by atoms with Gasteiger partial charge in [-0.25, -0.2) is 4.98 Å². The summed E-state index contributed by atoms with van der Waals surface area (Å²) in [6.45, 7) is -0.326. The Morgan fingerprint density at radius 2 is 1.89 bits per heavy atom. The van der Waals surface area contributed by atoms with Crippen LogP contribution in [0.1, 0.15) is 5.56 Å². The van der Waals surface area contributed by atoms with Gasteiger partial charge < -0.3 is 19.6 Å². The van der Waals surface area contributed by atoms with Gasteiger partial charge in [-0.15, -0.1) is 0 Å². The van der Waals surface area contributed by atoms with E-state index in [0.717, 1.165) is 5.39 Å². The maximum absolute atomic E-state index is 13.5. The largest absolute Gasteiger partial charge is 0.493 e. The van der Waals surface area contributed by atoms with E-state index in [1.165, 1.54) is 18.0 Å². The summed E-state index contributed by atoms with van der Waals surface area (Å²) < 4.78 is 19.2. The lowest BCUT2D eigenvalue weighted by Crippen LogP contribution is -2.20. The van der Waals surface area contributed by atoms with Gasteiger partial charge in [0, 0.05) is 15.4 Å². The number of methoxy groups -OCH3 is 1. The van der Waals surface area contributed by atoms with E-state index in [0.29, 0.717) is 42.5 Å². The second-order valence-corrected chi connectivity index (χ2v) is 9.43. The average molecular weight is 626 g/mol. The minimum atomic E-state index is -0.628. The zero-order chi connectivity index (χ0) is 26.1. The summed E-state index contributed by atoms with van der Waals surface area (Å²) in [7, 11) is 1.46. The molecule has 2 N–H and O–H groups in total. The molecule has 0 spiro atoms. The third-order valence-electron chi connectivity index (χ3n) is 5.45. The highest BCUT2D eigenvalue weighted by molar-refractivity contribution is 9.13. The van der Waals surface area contributed by atoms with Crippen LogP contribution in [0.5, 0.6) is 11.5 Å². The van der Waals surface area contributed by atoms with Gasteiger partial charge in [0.15, 0.2) is 23.9 Å². The monoisotopic (exact) mass is 624 g/mol. The van der Waals surface area contributed by atoms with Crippen LogP contribution < -0.4 is 20.8 Å². The van der Waals surface area contributed by atoms with Crippen LogP contribution in [-0.2, 0) is 4.79 Å². The number of benzene rings is 3. The molecule has 3 aromatic carbocycles. The Bertz CT molecular complexity index is 1730. The highest BCUT2D eigenvalue weighted by Crippen LogP contribution is 2.42. The molecule has 0 unspecified atom stereocenters. The Kier molecular flexibility index (Phi) is 6.81. The van der Waals surface area contributed by atoms with E-state index in [4.69, 9.17) is 19.6 Å². The lowest BCUT2D eigenvalue weighted by atomic mass is 10.2. The number of rotatable bonds is 7. The van der Waals surface area contributed by atoms with Gasteiger partial charge in [-0.3, -0.25) is 9.59 Å². The zero-order valence-corrected chi connectivity index (χ0v) is 22.4. The number of primary amides is 1. The lowest BCUT2D eigenvalue weighted by Gasteiger charge is -2.14. The van der Waals surface area contributed by atoms with E-state index >= 15 is 0 Å². The van der Waals surface area contributed by atoms with Crippen molar-refractivity contribution >= 4 is 65.9 Å². The van der Waals surface area contributed by atoms with Crippen LogP contribution >= 0.6 is 31.9 Å². The molecule has 5 aromatic rings. The molecule has 0 aliphatic rings. The van der Waals surface area contributed by atoms with Crippen molar-refractivity contribution in [2.75, 3.05) is 13.7 Å². The lowest BCUT2D eigenvalue weighted by molar-refractivity contribution is -0.119. The molecule has 2 heterocycles. The Hall–Kier alpha value is -3.96. The van der Waals surface area contributed by atoms with Crippen LogP contribution in [0.25, 0.3) is 33.5 Å². The van der Waals surface area contributed by atoms with Crippen molar-refractivity contribution in [3.63, 3.8) is 0 Å². The van der Waals surface area contributed by atoms with Gasteiger partial charge in [0.2, 0.25) is 5.82 Å². The van der Waals surface area contributed by atoms with Crippen LogP contribution in [0.3, 0.4) is 0 Å². The molecule has 0 saturated carbocycles. The van der Waals surface area contributed by atoms with Gasteiger partial charge in [0.1, 0.15) is 5.58 Å². The molecule has 0 aliphatic heterocycles. The molecule has 0 bridgehead atoms. The SMILES string of the molecule is COc1cc(C=Nn2c(-c3cc4ccccc4o3)nc3ccccc3c2=O)c(Br)c(Br)c1OCC(N)=O. The Morgan fingerprint density at radius 3 is 2.65 bits per heavy atom. The third kappa shape index (κ3) is 4.75. The molecule has 9 nitrogen and oxygen atoms in total. The predicted molar refractivity (Wildman–Crippen MR) is 147 cm³/mol. The van der Waals surface area contributed by atoms with Gasteiger partial charge in [0.05, 0.1) is 28.7 Å². The number of fused-ring (bicyclic) bond motifs is 2. The van der Waals surface area contributed by atoms with Crippen molar-refractivity contribution in [2.45, 2.75) is 0 Å². The van der Waals surface area contributed by atoms with Gasteiger partial charge in [-0.1, -0.05) is 30.3 Å². The summed E-state index contributed by atoms with van der Waals surface area (Å²) in [6, 6.07) is 18.0. The third-order valence-corrected chi connectivity index (χ3v) is 7.59. The number of hydrogen-bond acceptors (Lipinski definition) is 7. The predicted octanol–water partition coefficient (Wildman–Crippen LogP) is 5.09. The number of aromatic nitrogens is 2. The fourth-order valence-corrected chi connectivity index (χ4v) is 4.67. The van der Waals surface area contributed by atoms with Crippen molar-refractivity contribution in [2.24, 2.45) is 10.8 Å². The molecular weight excluding hydrogens is 608 g/mol. The van der Waals surface area contributed by atoms with Gasteiger partial charge in [-0.05, 0) is 62.2 Å². The average Bonchev–Trinajstić information content (AvgIpc) is 3.33. The summed E-state index contributed by atoms with van der Waals surface area (Å²) in [6.07, 6.45) is 1.49. The van der Waals surface area contributed by atoms with Gasteiger partial charge >= 0.3 is 0 Å². The van der Waals surface area contributed by atoms with Crippen LogP contribution in [0.15, 0.2) is 83.9 Å². The first-order valence-corrected chi connectivity index (χ1v) is 12.5. The number of carbonyl (C=O) groups is 1. The number of carbonyl (C=O) groups excluding carboxylic acids is 1. The minimum absolute atomic E-state index is 0.250. The first-order chi connectivity index (χ1) is 17.9. The van der Waals surface area contributed by atoms with E-state index in [1.807, 2.05) is 36.4 Å². The molecule has 0 atom stereocenters. The van der Waals surface area contributed by atoms with E-state index in [9.17, 15) is 9.59 Å². The highest BCUT2D eigenvalue weighted by Gasteiger charge is 2.19. The van der Waals surface area contributed by atoms with Gasteiger partial charge in [0.25, 0.3) is 11.5 Å². The molecule has 11 heteroatoms. The van der Waals surface area contributed by atoms with E-state index in [1.54, 1.807) is 24.3 Å². The number of hydrogen-bond donors (Lipinski definition) is 1. The number of nitrogens with two attached hydrogens (primary N) is 1. The summed E-state index contributed by atoms with van der Waals surface area (Å²) in [5.74, 6) is 0.642. The number of ether oxygens (including phenoxy) is 2. The molecule has 2 aromatic heterocycles. The fourth-order valence-electron chi connectivity index (χ4n) is 3.73. The Morgan fingerprint density at radius 1 is 1.14 bits per heavy atom.